The highest BCUT2D eigenvalue weighted by Gasteiger charge is 2.33. The number of nitrogens with zero attached hydrogens (tertiary/aromatic N) is 6. The summed E-state index contributed by atoms with van der Waals surface area (Å²) < 4.78 is 3.38. The number of thioether (sulfide) groups is 1. The molecule has 5 rings (SSSR count). The van der Waals surface area contributed by atoms with Crippen molar-refractivity contribution in [2.75, 3.05) is 35.2 Å². The van der Waals surface area contributed by atoms with Gasteiger partial charge in [-0.25, -0.2) is 4.98 Å². The molecule has 1 saturated carbocycles. The van der Waals surface area contributed by atoms with Gasteiger partial charge < -0.3 is 4.90 Å². The van der Waals surface area contributed by atoms with Gasteiger partial charge in [-0.05, 0) is 50.7 Å². The third kappa shape index (κ3) is 4.30. The molecule has 0 N–H and O–H groups in total. The fourth-order valence-corrected chi connectivity index (χ4v) is 5.97. The monoisotopic (exact) mass is 456 g/mol. The van der Waals surface area contributed by atoms with Crippen molar-refractivity contribution in [3.63, 3.8) is 0 Å². The van der Waals surface area contributed by atoms with E-state index in [0.29, 0.717) is 18.3 Å². The highest BCUT2D eigenvalue weighted by Crippen LogP contribution is 2.41. The number of carbonyl (C=O) groups is 1. The first-order valence-corrected chi connectivity index (χ1v) is 12.9. The van der Waals surface area contributed by atoms with E-state index in [4.69, 9.17) is 0 Å². The molecule has 1 amide bonds. The standard InChI is InChI=1S/C22H28N6OS2/c1-3-27(21-23-17-6-4-5-7-18(17)31-21)19(29)14-30-22-25-24-20(28(22)16-8-9-16)26-12-10-15(2)11-13-26/h4-7,15-16H,3,8-14H2,1-2H3. The van der Waals surface area contributed by atoms with E-state index in [1.54, 1.807) is 16.2 Å². The average molecular weight is 457 g/mol. The number of thiazole rings is 1. The number of rotatable bonds is 7. The zero-order chi connectivity index (χ0) is 21.4. The molecule has 3 heterocycles. The minimum Gasteiger partial charge on any atom is -0.341 e. The van der Waals surface area contributed by atoms with Gasteiger partial charge in [0.05, 0.1) is 16.0 Å². The molecule has 7 nitrogen and oxygen atoms in total. The molecule has 31 heavy (non-hydrogen) atoms. The topological polar surface area (TPSA) is 67.2 Å². The number of hydrogen-bond donors (Lipinski definition) is 0. The van der Waals surface area contributed by atoms with Crippen LogP contribution in [0.25, 0.3) is 10.2 Å². The molecule has 0 radical (unpaired) electrons. The van der Waals surface area contributed by atoms with Gasteiger partial charge >= 0.3 is 0 Å². The Morgan fingerprint density at radius 1 is 1.19 bits per heavy atom. The molecule has 0 bridgehead atoms. The quantitative estimate of drug-likeness (QED) is 0.484. The molecule has 9 heteroatoms. The molecule has 3 aromatic rings. The Hall–Kier alpha value is -2.13. The van der Waals surface area contributed by atoms with E-state index in [1.165, 1.54) is 37.4 Å². The lowest BCUT2D eigenvalue weighted by atomic mass is 10.00. The first-order chi connectivity index (χ1) is 15.1. The maximum Gasteiger partial charge on any atom is 0.239 e. The van der Waals surface area contributed by atoms with E-state index in [-0.39, 0.29) is 5.91 Å². The summed E-state index contributed by atoms with van der Waals surface area (Å²) in [6.07, 6.45) is 4.74. The molecule has 1 aliphatic carbocycles. The SMILES string of the molecule is CCN(C(=O)CSc1nnc(N2CCC(C)CC2)n1C1CC1)c1nc2ccccc2s1. The van der Waals surface area contributed by atoms with Crippen LogP contribution in [0.15, 0.2) is 29.4 Å². The Bertz CT molecular complexity index is 1030. The Morgan fingerprint density at radius 3 is 2.68 bits per heavy atom. The number of fused-ring (bicyclic) bond motifs is 1. The van der Waals surface area contributed by atoms with Gasteiger partial charge in [-0.15, -0.1) is 10.2 Å². The van der Waals surface area contributed by atoms with Gasteiger partial charge in [-0.3, -0.25) is 14.3 Å². The van der Waals surface area contributed by atoms with Gasteiger partial charge in [0, 0.05) is 25.7 Å². The molecular weight excluding hydrogens is 428 g/mol. The second-order valence-electron chi connectivity index (χ2n) is 8.44. The van der Waals surface area contributed by atoms with Crippen LogP contribution in [0, 0.1) is 5.92 Å². The van der Waals surface area contributed by atoms with Crippen LogP contribution in [0.1, 0.15) is 45.6 Å². The van der Waals surface area contributed by atoms with Crippen molar-refractivity contribution in [3.8, 4) is 0 Å². The lowest BCUT2D eigenvalue weighted by Crippen LogP contribution is -2.34. The van der Waals surface area contributed by atoms with Crippen LogP contribution >= 0.6 is 23.1 Å². The number of anilines is 2. The molecular formula is C22H28N6OS2. The third-order valence-corrected chi connectivity index (χ3v) is 8.07. The Labute approximate surface area is 190 Å². The molecule has 164 valence electrons. The highest BCUT2D eigenvalue weighted by molar-refractivity contribution is 7.99. The second kappa shape index (κ2) is 8.78. The van der Waals surface area contributed by atoms with Crippen LogP contribution in [0.5, 0.6) is 0 Å². The van der Waals surface area contributed by atoms with Crippen LogP contribution in [-0.4, -0.2) is 51.0 Å². The number of para-hydroxylation sites is 1. The first kappa shape index (κ1) is 20.8. The molecule has 1 saturated heterocycles. The lowest BCUT2D eigenvalue weighted by molar-refractivity contribution is -0.116. The fraction of sp³-hybridized carbons (Fsp3) is 0.545. The molecule has 1 aliphatic heterocycles. The average Bonchev–Trinajstić information content (AvgIpc) is 3.38. The van der Waals surface area contributed by atoms with Crippen LogP contribution in [0.2, 0.25) is 0 Å². The zero-order valence-electron chi connectivity index (χ0n) is 18.0. The van der Waals surface area contributed by atoms with Crippen LogP contribution in [0.3, 0.4) is 0 Å². The van der Waals surface area contributed by atoms with Gasteiger partial charge in [-0.2, -0.15) is 0 Å². The number of benzene rings is 1. The number of aromatic nitrogens is 4. The molecule has 2 aromatic heterocycles. The smallest absolute Gasteiger partial charge is 0.239 e. The highest BCUT2D eigenvalue weighted by atomic mass is 32.2. The Kier molecular flexibility index (Phi) is 5.88. The predicted molar refractivity (Wildman–Crippen MR) is 127 cm³/mol. The maximum absolute atomic E-state index is 13.1. The van der Waals surface area contributed by atoms with E-state index in [1.807, 2.05) is 31.2 Å². The molecule has 0 spiro atoms. The summed E-state index contributed by atoms with van der Waals surface area (Å²) in [5.74, 6) is 2.17. The van der Waals surface area contributed by atoms with Crippen LogP contribution in [0.4, 0.5) is 11.1 Å². The van der Waals surface area contributed by atoms with Gasteiger partial charge in [0.15, 0.2) is 10.3 Å². The van der Waals surface area contributed by atoms with Crippen LogP contribution < -0.4 is 9.80 Å². The summed E-state index contributed by atoms with van der Waals surface area (Å²) in [7, 11) is 0. The number of piperidine rings is 1. The normalized spacial score (nSPS) is 17.4. The van der Waals surface area contributed by atoms with E-state index >= 15 is 0 Å². The summed E-state index contributed by atoms with van der Waals surface area (Å²) in [4.78, 5) is 21.9. The van der Waals surface area contributed by atoms with E-state index in [9.17, 15) is 4.79 Å². The van der Waals surface area contributed by atoms with Gasteiger partial charge in [0.1, 0.15) is 0 Å². The number of hydrogen-bond acceptors (Lipinski definition) is 7. The molecule has 2 fully saturated rings. The van der Waals surface area contributed by atoms with Crippen molar-refractivity contribution >= 4 is 50.3 Å². The fourth-order valence-electron chi connectivity index (χ4n) is 4.04. The summed E-state index contributed by atoms with van der Waals surface area (Å²) in [6, 6.07) is 8.50. The summed E-state index contributed by atoms with van der Waals surface area (Å²) in [6.45, 7) is 7.00. The zero-order valence-corrected chi connectivity index (χ0v) is 19.7. The van der Waals surface area contributed by atoms with Gasteiger partial charge in [0.25, 0.3) is 0 Å². The first-order valence-electron chi connectivity index (χ1n) is 11.1. The maximum atomic E-state index is 13.1. The van der Waals surface area contributed by atoms with Gasteiger partial charge in [-0.1, -0.05) is 42.2 Å². The molecule has 1 aromatic carbocycles. The summed E-state index contributed by atoms with van der Waals surface area (Å²) in [5.41, 5.74) is 0.940. The van der Waals surface area contributed by atoms with Crippen molar-refractivity contribution in [2.24, 2.45) is 5.92 Å². The van der Waals surface area contributed by atoms with Crippen molar-refractivity contribution in [3.05, 3.63) is 24.3 Å². The Balaban J connectivity index is 1.30. The number of amides is 1. The van der Waals surface area contributed by atoms with Gasteiger partial charge in [0.2, 0.25) is 11.9 Å². The van der Waals surface area contributed by atoms with E-state index < -0.39 is 0 Å². The van der Waals surface area contributed by atoms with Crippen molar-refractivity contribution in [1.29, 1.82) is 0 Å². The van der Waals surface area contributed by atoms with Crippen molar-refractivity contribution < 1.29 is 4.79 Å². The third-order valence-electron chi connectivity index (χ3n) is 6.08. The van der Waals surface area contributed by atoms with E-state index in [2.05, 4.69) is 31.6 Å². The van der Waals surface area contributed by atoms with E-state index in [0.717, 1.165) is 45.5 Å². The Morgan fingerprint density at radius 2 is 1.97 bits per heavy atom. The second-order valence-corrected chi connectivity index (χ2v) is 10.4. The largest absolute Gasteiger partial charge is 0.341 e. The predicted octanol–water partition coefficient (Wildman–Crippen LogP) is 4.60. The minimum atomic E-state index is 0.0604. The lowest BCUT2D eigenvalue weighted by Gasteiger charge is -2.31. The van der Waals surface area contributed by atoms with Crippen LogP contribution in [-0.2, 0) is 4.79 Å². The summed E-state index contributed by atoms with van der Waals surface area (Å²) >= 11 is 3.07. The molecule has 0 atom stereocenters. The molecule has 0 unspecified atom stereocenters. The van der Waals surface area contributed by atoms with Crippen molar-refractivity contribution in [1.82, 2.24) is 19.7 Å². The van der Waals surface area contributed by atoms with Crippen molar-refractivity contribution in [2.45, 2.75) is 50.7 Å². The molecule has 2 aliphatic rings. The minimum absolute atomic E-state index is 0.0604. The summed E-state index contributed by atoms with van der Waals surface area (Å²) in [5, 5.41) is 10.7. The number of carbonyl (C=O) groups excluding carboxylic acids is 1.